The molecule has 0 aliphatic heterocycles. The number of aryl methyl sites for hydroxylation is 1. The molecule has 1 N–H and O–H groups in total. The number of carbonyl (C=O) groups is 1. The van der Waals surface area contributed by atoms with Crippen LogP contribution < -0.4 is 4.90 Å². The van der Waals surface area contributed by atoms with Crippen molar-refractivity contribution in [3.8, 4) is 5.75 Å². The third-order valence-electron chi connectivity index (χ3n) is 7.78. The zero-order valence-corrected chi connectivity index (χ0v) is 26.2. The Balaban J connectivity index is 0.00000242. The van der Waals surface area contributed by atoms with Gasteiger partial charge in [-0.15, -0.1) is 24.8 Å². The van der Waals surface area contributed by atoms with Gasteiger partial charge in [0.15, 0.2) is 0 Å². The zero-order chi connectivity index (χ0) is 28.1. The summed E-state index contributed by atoms with van der Waals surface area (Å²) in [6.07, 6.45) is 13.4. The highest BCUT2D eigenvalue weighted by Gasteiger charge is 2.32. The average Bonchev–Trinajstić information content (AvgIpc) is 3.42. The molecule has 3 heterocycles. The molecule has 1 unspecified atom stereocenters. The number of carbonyl (C=O) groups excluding carboxylic acids is 1. The van der Waals surface area contributed by atoms with Crippen molar-refractivity contribution < 1.29 is 9.90 Å². The van der Waals surface area contributed by atoms with Crippen LogP contribution >= 0.6 is 24.8 Å². The number of phenols is 1. The summed E-state index contributed by atoms with van der Waals surface area (Å²) in [5.74, 6) is 0.283. The lowest BCUT2D eigenvalue weighted by Gasteiger charge is -2.31. The lowest BCUT2D eigenvalue weighted by Crippen LogP contribution is -2.36. The first-order valence-corrected chi connectivity index (χ1v) is 14.5. The first kappa shape index (κ1) is 33.1. The Labute approximate surface area is 261 Å². The highest BCUT2D eigenvalue weighted by molar-refractivity contribution is 5.98. The molecule has 1 aliphatic rings. The minimum Gasteiger partial charge on any atom is -0.508 e. The van der Waals surface area contributed by atoms with Crippen LogP contribution in [0.3, 0.4) is 0 Å². The Morgan fingerprint density at radius 3 is 2.57 bits per heavy atom. The fourth-order valence-corrected chi connectivity index (χ4v) is 5.47. The van der Waals surface area contributed by atoms with Crippen molar-refractivity contribution in [1.29, 1.82) is 0 Å². The number of rotatable bonds is 10. The highest BCUT2D eigenvalue weighted by Crippen LogP contribution is 2.38. The molecule has 1 atom stereocenters. The van der Waals surface area contributed by atoms with E-state index in [9.17, 15) is 9.90 Å². The first-order chi connectivity index (χ1) is 19.4. The number of pyridine rings is 2. The van der Waals surface area contributed by atoms with Gasteiger partial charge in [0.1, 0.15) is 5.75 Å². The Hall–Kier alpha value is -3.42. The SMILES string of the molecule is CCCCc1ccc(Cn2cc(CN(C(=O)C3CCCc4c(O)cccc43)c3ccc(C(C)C)nc3)cn2)nc1.Cl.Cl. The Morgan fingerprint density at radius 1 is 1.05 bits per heavy atom. The summed E-state index contributed by atoms with van der Waals surface area (Å²) < 4.78 is 1.88. The number of hydrogen-bond acceptors (Lipinski definition) is 5. The van der Waals surface area contributed by atoms with Crippen LogP contribution in [0.2, 0.25) is 0 Å². The number of aromatic nitrogens is 4. The molecule has 4 aromatic rings. The zero-order valence-electron chi connectivity index (χ0n) is 24.6. The topological polar surface area (TPSA) is 84.1 Å². The maximum atomic E-state index is 14.2. The normalized spacial score (nSPS) is 14.0. The molecule has 7 nitrogen and oxygen atoms in total. The van der Waals surface area contributed by atoms with Crippen molar-refractivity contribution in [3.05, 3.63) is 101 Å². The highest BCUT2D eigenvalue weighted by atomic mass is 35.5. The van der Waals surface area contributed by atoms with Gasteiger partial charge in [0.25, 0.3) is 0 Å². The molecule has 9 heteroatoms. The van der Waals surface area contributed by atoms with Crippen molar-refractivity contribution in [2.24, 2.45) is 0 Å². The molecule has 1 aromatic carbocycles. The second-order valence-electron chi connectivity index (χ2n) is 11.1. The van der Waals surface area contributed by atoms with Crippen LogP contribution in [-0.4, -0.2) is 30.8 Å². The van der Waals surface area contributed by atoms with E-state index < -0.39 is 0 Å². The van der Waals surface area contributed by atoms with Gasteiger partial charge in [-0.25, -0.2) is 0 Å². The van der Waals surface area contributed by atoms with E-state index >= 15 is 0 Å². The van der Waals surface area contributed by atoms with Crippen molar-refractivity contribution in [1.82, 2.24) is 19.7 Å². The second-order valence-corrected chi connectivity index (χ2v) is 11.1. The van der Waals surface area contributed by atoms with Gasteiger partial charge in [0.2, 0.25) is 5.91 Å². The minimum absolute atomic E-state index is 0. The first-order valence-electron chi connectivity index (χ1n) is 14.5. The Bertz CT molecular complexity index is 1440. The van der Waals surface area contributed by atoms with E-state index in [1.165, 1.54) is 18.4 Å². The van der Waals surface area contributed by atoms with Crippen molar-refractivity contribution >= 4 is 36.4 Å². The Morgan fingerprint density at radius 2 is 1.88 bits per heavy atom. The van der Waals surface area contributed by atoms with E-state index in [0.29, 0.717) is 19.0 Å². The van der Waals surface area contributed by atoms with Crippen molar-refractivity contribution in [3.63, 3.8) is 0 Å². The smallest absolute Gasteiger partial charge is 0.234 e. The lowest BCUT2D eigenvalue weighted by atomic mass is 9.81. The van der Waals surface area contributed by atoms with Gasteiger partial charge in [0, 0.05) is 23.7 Å². The van der Waals surface area contributed by atoms with Crippen molar-refractivity contribution in [2.75, 3.05) is 4.90 Å². The molecule has 0 saturated heterocycles. The summed E-state index contributed by atoms with van der Waals surface area (Å²) in [5, 5.41) is 15.0. The van der Waals surface area contributed by atoms with Crippen molar-refractivity contribution in [2.45, 2.75) is 84.2 Å². The quantitative estimate of drug-likeness (QED) is 0.203. The number of amides is 1. The number of benzene rings is 1. The van der Waals surface area contributed by atoms with E-state index in [4.69, 9.17) is 0 Å². The van der Waals surface area contributed by atoms with E-state index in [-0.39, 0.29) is 42.4 Å². The lowest BCUT2D eigenvalue weighted by molar-refractivity contribution is -0.120. The molecule has 224 valence electrons. The van der Waals surface area contributed by atoms with E-state index in [0.717, 1.165) is 59.4 Å². The predicted molar refractivity (Wildman–Crippen MR) is 172 cm³/mol. The number of unbranched alkanes of at least 4 members (excludes halogenated alkanes) is 1. The van der Waals surface area contributed by atoms with Crippen LogP contribution in [-0.2, 0) is 30.7 Å². The van der Waals surface area contributed by atoms with Crippen LogP contribution in [0.1, 0.15) is 91.9 Å². The fraction of sp³-hybridized carbons (Fsp3) is 0.394. The average molecular weight is 611 g/mol. The number of nitrogens with zero attached hydrogens (tertiary/aromatic N) is 5. The summed E-state index contributed by atoms with van der Waals surface area (Å²) >= 11 is 0. The van der Waals surface area contributed by atoms with E-state index in [1.54, 1.807) is 12.3 Å². The minimum atomic E-state index is -0.314. The predicted octanol–water partition coefficient (Wildman–Crippen LogP) is 7.39. The molecule has 3 aromatic heterocycles. The van der Waals surface area contributed by atoms with Gasteiger partial charge < -0.3 is 10.0 Å². The monoisotopic (exact) mass is 609 g/mol. The Kier molecular flexibility index (Phi) is 11.9. The number of fused-ring (bicyclic) bond motifs is 1. The summed E-state index contributed by atoms with van der Waals surface area (Å²) in [6, 6.07) is 13.7. The maximum absolute atomic E-state index is 14.2. The number of hydrogen-bond donors (Lipinski definition) is 1. The summed E-state index contributed by atoms with van der Waals surface area (Å²) in [4.78, 5) is 25.3. The molecular weight excluding hydrogens is 569 g/mol. The van der Waals surface area contributed by atoms with Gasteiger partial charge in [-0.3, -0.25) is 19.4 Å². The maximum Gasteiger partial charge on any atom is 0.234 e. The van der Waals surface area contributed by atoms with Crippen LogP contribution in [0.4, 0.5) is 5.69 Å². The molecule has 0 radical (unpaired) electrons. The molecule has 0 saturated carbocycles. The fourth-order valence-electron chi connectivity index (χ4n) is 5.47. The third-order valence-corrected chi connectivity index (χ3v) is 7.78. The summed E-state index contributed by atoms with van der Waals surface area (Å²) in [7, 11) is 0. The molecule has 5 rings (SSSR count). The van der Waals surface area contributed by atoms with Crippen LogP contribution in [0.25, 0.3) is 0 Å². The van der Waals surface area contributed by atoms with Gasteiger partial charge in [-0.05, 0) is 79.0 Å². The van der Waals surface area contributed by atoms with Crippen LogP contribution in [0, 0.1) is 0 Å². The van der Waals surface area contributed by atoms with Gasteiger partial charge >= 0.3 is 0 Å². The van der Waals surface area contributed by atoms with Gasteiger partial charge in [-0.1, -0.05) is 45.4 Å². The number of phenolic OH excluding ortho intramolecular Hbond substituents is 1. The van der Waals surface area contributed by atoms with E-state index in [2.05, 4.69) is 48.0 Å². The standard InChI is InChI=1S/C33H39N5O2.2ClH/c1-4-5-8-24-13-14-26(34-17-24)22-37-20-25(18-36-37)21-38(27-15-16-31(23(2)3)35-19-27)33(40)30-11-6-10-29-28(30)9-7-12-32(29)39;;/h7,9,12-20,23,30,39H,4-6,8,10-11,21-22H2,1-3H3;2*1H. The molecule has 0 bridgehead atoms. The molecule has 0 spiro atoms. The summed E-state index contributed by atoms with van der Waals surface area (Å²) in [5.41, 5.74) is 6.72. The van der Waals surface area contributed by atoms with Crippen LogP contribution in [0.15, 0.2) is 67.3 Å². The van der Waals surface area contributed by atoms with Gasteiger partial charge in [0.05, 0.1) is 42.8 Å². The summed E-state index contributed by atoms with van der Waals surface area (Å²) in [6.45, 7) is 7.37. The molecule has 0 fully saturated rings. The largest absolute Gasteiger partial charge is 0.508 e. The van der Waals surface area contributed by atoms with Crippen LogP contribution in [0.5, 0.6) is 5.75 Å². The molecular formula is C33H41Cl2N5O2. The molecule has 1 aliphatic carbocycles. The second kappa shape index (κ2) is 15.2. The number of aromatic hydroxyl groups is 1. The number of anilines is 1. The molecule has 42 heavy (non-hydrogen) atoms. The third kappa shape index (κ3) is 7.69. The van der Waals surface area contributed by atoms with Gasteiger partial charge in [-0.2, -0.15) is 5.10 Å². The molecule has 1 amide bonds. The number of halogens is 2. The van der Waals surface area contributed by atoms with E-state index in [1.807, 2.05) is 52.4 Å².